The maximum atomic E-state index is 5.92. The molecule has 0 aliphatic heterocycles. The predicted molar refractivity (Wildman–Crippen MR) is 67.1 cm³/mol. The van der Waals surface area contributed by atoms with Crippen molar-refractivity contribution in [3.05, 3.63) is 41.9 Å². The Bertz CT molecular complexity index is 526. The topological polar surface area (TPSA) is 61.0 Å². The zero-order valence-corrected chi connectivity index (χ0v) is 9.97. The van der Waals surface area contributed by atoms with E-state index in [1.165, 1.54) is 5.56 Å². The van der Waals surface area contributed by atoms with Crippen molar-refractivity contribution in [2.75, 3.05) is 5.73 Å². The van der Waals surface area contributed by atoms with Crippen molar-refractivity contribution in [1.29, 1.82) is 0 Å². The van der Waals surface area contributed by atoms with Crippen LogP contribution in [0.3, 0.4) is 0 Å². The van der Waals surface area contributed by atoms with Gasteiger partial charge in [-0.05, 0) is 31.0 Å². The maximum absolute atomic E-state index is 5.92. The molecule has 17 heavy (non-hydrogen) atoms. The molecule has 0 fully saturated rings. The zero-order chi connectivity index (χ0) is 12.3. The molecule has 0 aliphatic carbocycles. The number of nitrogens with two attached hydrogens (primary N) is 1. The minimum absolute atomic E-state index is 0.489. The van der Waals surface area contributed by atoms with E-state index < -0.39 is 0 Å². The molecule has 88 valence electrons. The summed E-state index contributed by atoms with van der Waals surface area (Å²) in [5.74, 6) is 1.11. The summed E-state index contributed by atoms with van der Waals surface area (Å²) in [6.45, 7) is 3.93. The van der Waals surface area contributed by atoms with Crippen LogP contribution in [-0.2, 0) is 6.42 Å². The molecule has 1 aromatic heterocycles. The highest BCUT2D eigenvalue weighted by molar-refractivity contribution is 5.55. The second kappa shape index (κ2) is 4.82. The SMILES string of the molecule is CCc1ccc(Oc2nccnc2C)c(N)c1. The molecule has 1 heterocycles. The predicted octanol–water partition coefficient (Wildman–Crippen LogP) is 2.72. The molecule has 4 nitrogen and oxygen atoms in total. The van der Waals surface area contributed by atoms with E-state index in [1.54, 1.807) is 12.4 Å². The molecule has 0 saturated carbocycles. The highest BCUT2D eigenvalue weighted by atomic mass is 16.5. The average molecular weight is 229 g/mol. The zero-order valence-electron chi connectivity index (χ0n) is 9.97. The molecule has 0 amide bonds. The van der Waals surface area contributed by atoms with Gasteiger partial charge in [0.15, 0.2) is 5.75 Å². The van der Waals surface area contributed by atoms with Gasteiger partial charge in [-0.1, -0.05) is 13.0 Å². The van der Waals surface area contributed by atoms with E-state index in [-0.39, 0.29) is 0 Å². The summed E-state index contributed by atoms with van der Waals surface area (Å²) in [5, 5.41) is 0. The smallest absolute Gasteiger partial charge is 0.240 e. The Balaban J connectivity index is 2.28. The molecule has 0 bridgehead atoms. The highest BCUT2D eigenvalue weighted by Gasteiger charge is 2.06. The second-order valence-corrected chi connectivity index (χ2v) is 3.77. The molecule has 1 aromatic carbocycles. The van der Waals surface area contributed by atoms with Crippen LogP contribution in [0, 0.1) is 6.92 Å². The first kappa shape index (κ1) is 11.4. The Labute approximate surface area is 100 Å². The molecule has 0 spiro atoms. The van der Waals surface area contributed by atoms with E-state index in [1.807, 2.05) is 25.1 Å². The van der Waals surface area contributed by atoms with Gasteiger partial charge in [0.1, 0.15) is 0 Å². The second-order valence-electron chi connectivity index (χ2n) is 3.77. The van der Waals surface area contributed by atoms with Gasteiger partial charge in [-0.25, -0.2) is 4.98 Å². The van der Waals surface area contributed by atoms with Crippen LogP contribution < -0.4 is 10.5 Å². The lowest BCUT2D eigenvalue weighted by atomic mass is 10.1. The first-order valence-corrected chi connectivity index (χ1v) is 5.54. The van der Waals surface area contributed by atoms with E-state index >= 15 is 0 Å². The standard InChI is InChI=1S/C13H15N3O/c1-3-10-4-5-12(11(14)8-10)17-13-9(2)15-6-7-16-13/h4-8H,3,14H2,1-2H3. The van der Waals surface area contributed by atoms with E-state index in [2.05, 4.69) is 16.9 Å². The maximum Gasteiger partial charge on any atom is 0.240 e. The van der Waals surface area contributed by atoms with Gasteiger partial charge in [0, 0.05) is 12.4 Å². The monoisotopic (exact) mass is 229 g/mol. The summed E-state index contributed by atoms with van der Waals surface area (Å²) in [5.41, 5.74) is 8.47. The van der Waals surface area contributed by atoms with E-state index in [4.69, 9.17) is 10.5 Å². The fourth-order valence-electron chi connectivity index (χ4n) is 1.51. The van der Waals surface area contributed by atoms with Crippen LogP contribution in [0.15, 0.2) is 30.6 Å². The largest absolute Gasteiger partial charge is 0.435 e. The fraction of sp³-hybridized carbons (Fsp3) is 0.231. The van der Waals surface area contributed by atoms with Gasteiger partial charge in [-0.2, -0.15) is 0 Å². The number of hydrogen-bond donors (Lipinski definition) is 1. The summed E-state index contributed by atoms with van der Waals surface area (Å²) in [7, 11) is 0. The minimum atomic E-state index is 0.489. The van der Waals surface area contributed by atoms with Crippen molar-refractivity contribution in [1.82, 2.24) is 9.97 Å². The van der Waals surface area contributed by atoms with Crippen molar-refractivity contribution in [3.63, 3.8) is 0 Å². The van der Waals surface area contributed by atoms with Crippen LogP contribution in [0.25, 0.3) is 0 Å². The number of nitrogen functional groups attached to an aromatic ring is 1. The van der Waals surface area contributed by atoms with Gasteiger partial charge in [0.25, 0.3) is 0 Å². The molecular formula is C13H15N3O. The van der Waals surface area contributed by atoms with E-state index in [0.29, 0.717) is 17.3 Å². The lowest BCUT2D eigenvalue weighted by Crippen LogP contribution is -1.97. The third kappa shape index (κ3) is 2.53. The Morgan fingerprint density at radius 3 is 2.65 bits per heavy atom. The van der Waals surface area contributed by atoms with Crippen LogP contribution in [0.5, 0.6) is 11.6 Å². The van der Waals surface area contributed by atoms with Crippen molar-refractivity contribution >= 4 is 5.69 Å². The average Bonchev–Trinajstić information content (AvgIpc) is 2.34. The number of rotatable bonds is 3. The molecule has 0 aliphatic rings. The fourth-order valence-corrected chi connectivity index (χ4v) is 1.51. The molecule has 2 rings (SSSR count). The number of ether oxygens (including phenoxy) is 1. The first-order valence-electron chi connectivity index (χ1n) is 5.54. The highest BCUT2D eigenvalue weighted by Crippen LogP contribution is 2.28. The molecule has 4 heteroatoms. The van der Waals surface area contributed by atoms with Crippen LogP contribution in [0.4, 0.5) is 5.69 Å². The van der Waals surface area contributed by atoms with Gasteiger partial charge in [-0.3, -0.25) is 4.98 Å². The molecule has 0 unspecified atom stereocenters. The van der Waals surface area contributed by atoms with Crippen LogP contribution in [0.1, 0.15) is 18.2 Å². The van der Waals surface area contributed by atoms with E-state index in [9.17, 15) is 0 Å². The third-order valence-corrected chi connectivity index (χ3v) is 2.53. The normalized spacial score (nSPS) is 10.2. The summed E-state index contributed by atoms with van der Waals surface area (Å²) >= 11 is 0. The molecule has 2 N–H and O–H groups in total. The van der Waals surface area contributed by atoms with Gasteiger partial charge in [-0.15, -0.1) is 0 Å². The lowest BCUT2D eigenvalue weighted by molar-refractivity contribution is 0.457. The summed E-state index contributed by atoms with van der Waals surface area (Å²) in [6, 6.07) is 5.78. The Morgan fingerprint density at radius 2 is 2.00 bits per heavy atom. The molecule has 0 atom stereocenters. The van der Waals surface area contributed by atoms with Crippen LogP contribution in [0.2, 0.25) is 0 Å². The lowest BCUT2D eigenvalue weighted by Gasteiger charge is -2.09. The quantitative estimate of drug-likeness (QED) is 0.822. The molecule has 0 saturated heterocycles. The summed E-state index contributed by atoms with van der Waals surface area (Å²) < 4.78 is 5.64. The van der Waals surface area contributed by atoms with Gasteiger partial charge in [0.2, 0.25) is 5.88 Å². The Kier molecular flexibility index (Phi) is 3.23. The number of anilines is 1. The Morgan fingerprint density at radius 1 is 1.24 bits per heavy atom. The molecule has 2 aromatic rings. The van der Waals surface area contributed by atoms with Crippen molar-refractivity contribution in [3.8, 4) is 11.6 Å². The first-order chi connectivity index (χ1) is 8.20. The van der Waals surface area contributed by atoms with E-state index in [0.717, 1.165) is 12.1 Å². The van der Waals surface area contributed by atoms with Gasteiger partial charge >= 0.3 is 0 Å². The van der Waals surface area contributed by atoms with Crippen molar-refractivity contribution < 1.29 is 4.74 Å². The molecular weight excluding hydrogens is 214 g/mol. The number of aryl methyl sites for hydroxylation is 2. The third-order valence-electron chi connectivity index (χ3n) is 2.53. The van der Waals surface area contributed by atoms with Gasteiger partial charge in [0.05, 0.1) is 11.4 Å². The number of benzene rings is 1. The summed E-state index contributed by atoms with van der Waals surface area (Å²) in [6.07, 6.45) is 4.18. The number of aromatic nitrogens is 2. The van der Waals surface area contributed by atoms with Crippen molar-refractivity contribution in [2.45, 2.75) is 20.3 Å². The number of hydrogen-bond acceptors (Lipinski definition) is 4. The molecule has 0 radical (unpaired) electrons. The minimum Gasteiger partial charge on any atom is -0.435 e. The van der Waals surface area contributed by atoms with Crippen LogP contribution in [-0.4, -0.2) is 9.97 Å². The van der Waals surface area contributed by atoms with Crippen molar-refractivity contribution in [2.24, 2.45) is 0 Å². The summed E-state index contributed by atoms with van der Waals surface area (Å²) in [4.78, 5) is 8.23. The number of nitrogens with zero attached hydrogens (tertiary/aromatic N) is 2. The Hall–Kier alpha value is -2.10. The van der Waals surface area contributed by atoms with Crippen LogP contribution >= 0.6 is 0 Å². The van der Waals surface area contributed by atoms with Gasteiger partial charge < -0.3 is 10.5 Å².